The normalized spacial score (nSPS) is 12.6. The summed E-state index contributed by atoms with van der Waals surface area (Å²) < 4.78 is 67.2. The molecule has 0 aromatic heterocycles. The maximum absolute atomic E-state index is 14.1. The molecule has 1 atom stereocenters. The quantitative estimate of drug-likeness (QED) is 0.270. The van der Waals surface area contributed by atoms with Crippen molar-refractivity contribution in [2.24, 2.45) is 5.92 Å². The van der Waals surface area contributed by atoms with Gasteiger partial charge in [0.25, 0.3) is 0 Å². The number of halogens is 4. The summed E-state index contributed by atoms with van der Waals surface area (Å²) in [4.78, 5) is 29.0. The molecule has 3 aromatic carbocycles. The molecular formula is C31H35ClF3N3O4S. The first-order valence-corrected chi connectivity index (χ1v) is 15.8. The molecule has 43 heavy (non-hydrogen) atoms. The molecular weight excluding hydrogens is 603 g/mol. The number of anilines is 1. The number of aryl methyl sites for hydroxylation is 1. The molecule has 0 aliphatic heterocycles. The van der Waals surface area contributed by atoms with E-state index in [9.17, 15) is 31.2 Å². The van der Waals surface area contributed by atoms with Gasteiger partial charge < -0.3 is 10.2 Å². The number of carbonyl (C=O) groups is 2. The van der Waals surface area contributed by atoms with E-state index in [0.29, 0.717) is 22.5 Å². The molecule has 0 aliphatic rings. The Hall–Kier alpha value is -3.57. The van der Waals surface area contributed by atoms with Crippen molar-refractivity contribution in [2.45, 2.75) is 46.0 Å². The summed E-state index contributed by atoms with van der Waals surface area (Å²) in [7, 11) is -4.25. The number of amides is 2. The molecule has 0 heterocycles. The number of sulfonamides is 1. The van der Waals surface area contributed by atoms with Gasteiger partial charge >= 0.3 is 6.18 Å². The highest BCUT2D eigenvalue weighted by atomic mass is 35.5. The smallest absolute Gasteiger partial charge is 0.354 e. The van der Waals surface area contributed by atoms with Crippen molar-refractivity contribution in [3.63, 3.8) is 0 Å². The predicted molar refractivity (Wildman–Crippen MR) is 162 cm³/mol. The summed E-state index contributed by atoms with van der Waals surface area (Å²) >= 11 is 5.76. The predicted octanol–water partition coefficient (Wildman–Crippen LogP) is 5.85. The minimum Gasteiger partial charge on any atom is -0.354 e. The zero-order chi connectivity index (χ0) is 31.9. The maximum Gasteiger partial charge on any atom is 0.417 e. The molecule has 0 radical (unpaired) electrons. The lowest BCUT2D eigenvalue weighted by molar-refractivity contribution is -0.140. The second-order valence-electron chi connectivity index (χ2n) is 10.8. The zero-order valence-corrected chi connectivity index (χ0v) is 25.9. The van der Waals surface area contributed by atoms with Crippen molar-refractivity contribution >= 4 is 39.1 Å². The van der Waals surface area contributed by atoms with Gasteiger partial charge in [0.05, 0.1) is 22.5 Å². The van der Waals surface area contributed by atoms with Gasteiger partial charge in [-0.3, -0.25) is 13.9 Å². The van der Waals surface area contributed by atoms with Gasteiger partial charge in [-0.25, -0.2) is 8.42 Å². The minimum absolute atomic E-state index is 0.0425. The van der Waals surface area contributed by atoms with Crippen molar-refractivity contribution in [3.8, 4) is 0 Å². The molecule has 0 saturated heterocycles. The molecule has 7 nitrogen and oxygen atoms in total. The summed E-state index contributed by atoms with van der Waals surface area (Å²) in [6.45, 7) is 5.18. The van der Waals surface area contributed by atoms with Crippen LogP contribution >= 0.6 is 11.6 Å². The standard InChI is InChI=1S/C31H35ClF3N3O4S/c1-21(2)18-36-30(40)28(16-23-10-6-5-7-11-23)37(19-24-12-8-9-22(3)15-24)29(39)20-38(43(4,41)42)25-13-14-27(32)26(17-25)31(33,34)35/h5-15,17,21,28H,16,18-20H2,1-4H3,(H,36,40). The summed E-state index contributed by atoms with van der Waals surface area (Å²) in [5.41, 5.74) is 0.750. The zero-order valence-electron chi connectivity index (χ0n) is 24.4. The van der Waals surface area contributed by atoms with Crippen molar-refractivity contribution in [2.75, 3.05) is 23.7 Å². The molecule has 2 amide bonds. The van der Waals surface area contributed by atoms with Crippen LogP contribution in [0.5, 0.6) is 0 Å². The lowest BCUT2D eigenvalue weighted by atomic mass is 10.0. The Bertz CT molecular complexity index is 1530. The Labute approximate surface area is 255 Å². The van der Waals surface area contributed by atoms with Crippen molar-refractivity contribution in [1.29, 1.82) is 0 Å². The number of hydrogen-bond donors (Lipinski definition) is 1. The van der Waals surface area contributed by atoms with E-state index >= 15 is 0 Å². The molecule has 0 saturated carbocycles. The molecule has 1 N–H and O–H groups in total. The first kappa shape index (κ1) is 33.9. The molecule has 3 rings (SSSR count). The monoisotopic (exact) mass is 637 g/mol. The third kappa shape index (κ3) is 9.72. The highest BCUT2D eigenvalue weighted by Crippen LogP contribution is 2.37. The summed E-state index contributed by atoms with van der Waals surface area (Å²) in [5.74, 6) is -1.08. The second kappa shape index (κ2) is 14.3. The van der Waals surface area contributed by atoms with Crippen molar-refractivity contribution < 1.29 is 31.2 Å². The van der Waals surface area contributed by atoms with Crippen LogP contribution < -0.4 is 9.62 Å². The molecule has 0 spiro atoms. The fraction of sp³-hybridized carbons (Fsp3) is 0.355. The first-order chi connectivity index (χ1) is 20.1. The van der Waals surface area contributed by atoms with Gasteiger partial charge in [0, 0.05) is 19.5 Å². The van der Waals surface area contributed by atoms with Crippen LogP contribution in [0.1, 0.15) is 36.1 Å². The molecule has 12 heteroatoms. The van der Waals surface area contributed by atoms with Gasteiger partial charge in [-0.2, -0.15) is 13.2 Å². The molecule has 1 unspecified atom stereocenters. The molecule has 0 bridgehead atoms. The Kier molecular flexibility index (Phi) is 11.3. The Morgan fingerprint density at radius 3 is 2.19 bits per heavy atom. The van der Waals surface area contributed by atoms with E-state index in [4.69, 9.17) is 11.6 Å². The van der Waals surface area contributed by atoms with E-state index < -0.39 is 51.2 Å². The SMILES string of the molecule is Cc1cccc(CN(C(=O)CN(c2ccc(Cl)c(C(F)(F)F)c2)S(C)(=O)=O)C(Cc2ccccc2)C(=O)NCC(C)C)c1. The topological polar surface area (TPSA) is 86.8 Å². The number of alkyl halides is 3. The maximum atomic E-state index is 14.1. The highest BCUT2D eigenvalue weighted by Gasteiger charge is 2.36. The first-order valence-electron chi connectivity index (χ1n) is 13.6. The van der Waals surface area contributed by atoms with Crippen molar-refractivity contribution in [3.05, 3.63) is 100 Å². The Morgan fingerprint density at radius 2 is 1.60 bits per heavy atom. The van der Waals surface area contributed by atoms with Crippen LogP contribution in [0.4, 0.5) is 18.9 Å². The van der Waals surface area contributed by atoms with E-state index in [1.54, 1.807) is 24.3 Å². The second-order valence-corrected chi connectivity index (χ2v) is 13.1. The van der Waals surface area contributed by atoms with Crippen LogP contribution in [0.2, 0.25) is 5.02 Å². The van der Waals surface area contributed by atoms with Crippen LogP contribution in [0, 0.1) is 12.8 Å². The van der Waals surface area contributed by atoms with Crippen LogP contribution in [0.3, 0.4) is 0 Å². The van der Waals surface area contributed by atoms with Gasteiger partial charge in [-0.15, -0.1) is 0 Å². The van der Waals surface area contributed by atoms with E-state index in [2.05, 4.69) is 5.32 Å². The Morgan fingerprint density at radius 1 is 0.953 bits per heavy atom. The number of benzene rings is 3. The Balaban J connectivity index is 2.09. The largest absolute Gasteiger partial charge is 0.417 e. The lowest BCUT2D eigenvalue weighted by Crippen LogP contribution is -2.53. The number of nitrogens with one attached hydrogen (secondary N) is 1. The summed E-state index contributed by atoms with van der Waals surface area (Å²) in [6.07, 6.45) is -3.93. The van der Waals surface area contributed by atoms with E-state index in [1.807, 2.05) is 51.1 Å². The third-order valence-corrected chi connectivity index (χ3v) is 8.08. The van der Waals surface area contributed by atoms with Crippen molar-refractivity contribution in [1.82, 2.24) is 10.2 Å². The molecule has 232 valence electrons. The van der Waals surface area contributed by atoms with Gasteiger partial charge in [-0.05, 0) is 42.2 Å². The van der Waals surface area contributed by atoms with Crippen LogP contribution in [-0.4, -0.2) is 50.5 Å². The number of hydrogen-bond acceptors (Lipinski definition) is 4. The van der Waals surface area contributed by atoms with E-state index in [1.165, 1.54) is 4.90 Å². The number of carbonyl (C=O) groups excluding carboxylic acids is 2. The average Bonchev–Trinajstić information content (AvgIpc) is 2.92. The fourth-order valence-corrected chi connectivity index (χ4v) is 5.55. The lowest BCUT2D eigenvalue weighted by Gasteiger charge is -2.34. The van der Waals surface area contributed by atoms with Gasteiger partial charge in [-0.1, -0.05) is 85.6 Å². The summed E-state index contributed by atoms with van der Waals surface area (Å²) in [5, 5.41) is 2.27. The minimum atomic E-state index is -4.85. The fourth-order valence-electron chi connectivity index (χ4n) is 4.48. The number of rotatable bonds is 12. The summed E-state index contributed by atoms with van der Waals surface area (Å²) in [6, 6.07) is 17.9. The van der Waals surface area contributed by atoms with E-state index in [-0.39, 0.29) is 24.6 Å². The highest BCUT2D eigenvalue weighted by molar-refractivity contribution is 7.92. The van der Waals surface area contributed by atoms with Crippen LogP contribution in [0.25, 0.3) is 0 Å². The molecule has 0 aliphatic carbocycles. The van der Waals surface area contributed by atoms with E-state index in [0.717, 1.165) is 29.5 Å². The van der Waals surface area contributed by atoms with Gasteiger partial charge in [0.1, 0.15) is 12.6 Å². The van der Waals surface area contributed by atoms with Gasteiger partial charge in [0.2, 0.25) is 21.8 Å². The van der Waals surface area contributed by atoms with Crippen LogP contribution in [-0.2, 0) is 38.8 Å². The van der Waals surface area contributed by atoms with Crippen LogP contribution in [0.15, 0.2) is 72.8 Å². The third-order valence-electron chi connectivity index (χ3n) is 6.61. The average molecular weight is 638 g/mol. The number of nitrogens with zero attached hydrogens (tertiary/aromatic N) is 2. The molecule has 3 aromatic rings. The van der Waals surface area contributed by atoms with Gasteiger partial charge in [0.15, 0.2) is 0 Å². The molecule has 0 fully saturated rings.